The van der Waals surface area contributed by atoms with Gasteiger partial charge in [-0.25, -0.2) is 13.4 Å². The smallest absolute Gasteiger partial charge is 0.287 e. The Morgan fingerprint density at radius 3 is 2.43 bits per heavy atom. The van der Waals surface area contributed by atoms with Gasteiger partial charge in [-0.05, 0) is 36.8 Å². The summed E-state index contributed by atoms with van der Waals surface area (Å²) < 4.78 is 25.1. The van der Waals surface area contributed by atoms with Gasteiger partial charge < -0.3 is 5.32 Å². The fraction of sp³-hybridized carbons (Fsp3) is 0.214. The van der Waals surface area contributed by atoms with Gasteiger partial charge >= 0.3 is 0 Å². The molecule has 0 unspecified atom stereocenters. The fourth-order valence-electron chi connectivity index (χ4n) is 2.36. The molecule has 0 atom stereocenters. The third kappa shape index (κ3) is 3.24. The van der Waals surface area contributed by atoms with Gasteiger partial charge in [-0.1, -0.05) is 0 Å². The Morgan fingerprint density at radius 2 is 1.91 bits per heavy atom. The molecule has 0 saturated carbocycles. The summed E-state index contributed by atoms with van der Waals surface area (Å²) in [6.45, 7) is 0.499. The van der Waals surface area contributed by atoms with Gasteiger partial charge in [0.25, 0.3) is 5.69 Å². The van der Waals surface area contributed by atoms with Crippen molar-refractivity contribution in [1.82, 2.24) is 4.98 Å². The van der Waals surface area contributed by atoms with E-state index in [1.807, 2.05) is 0 Å². The quantitative estimate of drug-likeness (QED) is 0.679. The van der Waals surface area contributed by atoms with E-state index in [1.54, 1.807) is 24.3 Å². The van der Waals surface area contributed by atoms with E-state index < -0.39 is 14.9 Å². The monoisotopic (exact) mass is 334 g/mol. The Bertz CT molecular complexity index is 819. The number of hydrogen-bond donors (Lipinski definition) is 1. The lowest BCUT2D eigenvalue weighted by molar-refractivity contribution is -0.385. The van der Waals surface area contributed by atoms with Crippen LogP contribution in [0.3, 0.4) is 0 Å². The Kier molecular flexibility index (Phi) is 3.87. The van der Waals surface area contributed by atoms with Gasteiger partial charge in [-0.3, -0.25) is 14.4 Å². The van der Waals surface area contributed by atoms with Crippen LogP contribution >= 0.6 is 0 Å². The molecule has 3 rings (SSSR count). The summed E-state index contributed by atoms with van der Waals surface area (Å²) in [5.41, 5.74) is 1.27. The lowest BCUT2D eigenvalue weighted by Gasteiger charge is -2.17. The first-order chi connectivity index (χ1) is 11.0. The van der Waals surface area contributed by atoms with Gasteiger partial charge in [0.15, 0.2) is 0 Å². The van der Waals surface area contributed by atoms with E-state index in [1.165, 1.54) is 22.6 Å². The summed E-state index contributed by atoms with van der Waals surface area (Å²) in [6.07, 6.45) is 1.81. The van der Waals surface area contributed by atoms with Crippen molar-refractivity contribution in [3.05, 3.63) is 52.7 Å². The van der Waals surface area contributed by atoms with E-state index >= 15 is 0 Å². The van der Waals surface area contributed by atoms with Gasteiger partial charge in [-0.2, -0.15) is 0 Å². The number of aromatic nitrogens is 1. The Morgan fingerprint density at radius 1 is 1.17 bits per heavy atom. The van der Waals surface area contributed by atoms with Crippen LogP contribution in [-0.2, 0) is 10.0 Å². The zero-order valence-electron chi connectivity index (χ0n) is 12.0. The van der Waals surface area contributed by atoms with Crippen molar-refractivity contribution in [3.63, 3.8) is 0 Å². The van der Waals surface area contributed by atoms with Gasteiger partial charge in [0.05, 0.1) is 16.4 Å². The van der Waals surface area contributed by atoms with Crippen molar-refractivity contribution in [2.45, 2.75) is 6.42 Å². The first-order valence-corrected chi connectivity index (χ1v) is 8.54. The number of benzene rings is 1. The minimum absolute atomic E-state index is 0.0786. The van der Waals surface area contributed by atoms with Crippen molar-refractivity contribution in [3.8, 4) is 0 Å². The SMILES string of the molecule is O=[N+]([O-])c1ccc(Nc2ccc(N3CCCS3(=O)=O)cc2)nc1. The van der Waals surface area contributed by atoms with E-state index in [9.17, 15) is 18.5 Å². The van der Waals surface area contributed by atoms with E-state index in [0.717, 1.165) is 0 Å². The zero-order chi connectivity index (χ0) is 16.4. The van der Waals surface area contributed by atoms with E-state index in [2.05, 4.69) is 10.3 Å². The summed E-state index contributed by atoms with van der Waals surface area (Å²) in [5, 5.41) is 13.6. The Balaban J connectivity index is 1.74. The molecule has 0 amide bonds. The van der Waals surface area contributed by atoms with Gasteiger partial charge in [-0.15, -0.1) is 0 Å². The number of hydrogen-bond acceptors (Lipinski definition) is 6. The number of rotatable bonds is 4. The summed E-state index contributed by atoms with van der Waals surface area (Å²) in [5.74, 6) is 0.650. The average Bonchev–Trinajstić information content (AvgIpc) is 2.88. The van der Waals surface area contributed by atoms with Crippen molar-refractivity contribution in [2.24, 2.45) is 0 Å². The molecule has 1 fully saturated rings. The molecular weight excluding hydrogens is 320 g/mol. The minimum atomic E-state index is -3.19. The summed E-state index contributed by atoms with van der Waals surface area (Å²) in [7, 11) is -3.19. The van der Waals surface area contributed by atoms with Crippen molar-refractivity contribution < 1.29 is 13.3 Å². The lowest BCUT2D eigenvalue weighted by Crippen LogP contribution is -2.24. The molecule has 120 valence electrons. The second kappa shape index (κ2) is 5.84. The van der Waals surface area contributed by atoms with E-state index in [-0.39, 0.29) is 11.4 Å². The highest BCUT2D eigenvalue weighted by Gasteiger charge is 2.28. The molecule has 1 saturated heterocycles. The Hall–Kier alpha value is -2.68. The molecule has 1 aromatic carbocycles. The highest BCUT2D eigenvalue weighted by atomic mass is 32.2. The molecule has 1 aliphatic heterocycles. The van der Waals surface area contributed by atoms with Crippen LogP contribution in [0.25, 0.3) is 0 Å². The molecule has 9 heteroatoms. The van der Waals surface area contributed by atoms with Crippen LogP contribution in [0, 0.1) is 10.1 Å². The molecule has 23 heavy (non-hydrogen) atoms. The average molecular weight is 334 g/mol. The lowest BCUT2D eigenvalue weighted by atomic mass is 10.2. The van der Waals surface area contributed by atoms with E-state index in [4.69, 9.17) is 0 Å². The molecule has 1 N–H and O–H groups in total. The molecule has 8 nitrogen and oxygen atoms in total. The maximum atomic E-state index is 11.9. The topological polar surface area (TPSA) is 105 Å². The second-order valence-electron chi connectivity index (χ2n) is 5.07. The third-order valence-corrected chi connectivity index (χ3v) is 5.36. The molecule has 0 bridgehead atoms. The molecule has 1 aromatic heterocycles. The highest BCUT2D eigenvalue weighted by molar-refractivity contribution is 7.93. The van der Waals surface area contributed by atoms with Crippen LogP contribution in [0.2, 0.25) is 0 Å². The normalized spacial score (nSPS) is 16.3. The number of nitro groups is 1. The van der Waals surface area contributed by atoms with Gasteiger partial charge in [0.2, 0.25) is 10.0 Å². The standard InChI is InChI=1S/C14H14N4O4S/c19-18(20)13-6-7-14(15-10-13)16-11-2-4-12(5-3-11)17-8-1-9-23(17,21)22/h2-7,10H,1,8-9H2,(H,15,16). The zero-order valence-corrected chi connectivity index (χ0v) is 12.9. The van der Waals surface area contributed by atoms with Gasteiger partial charge in [0.1, 0.15) is 12.0 Å². The number of anilines is 3. The van der Waals surface area contributed by atoms with E-state index in [0.29, 0.717) is 30.2 Å². The van der Waals surface area contributed by atoms with Crippen molar-refractivity contribution in [2.75, 3.05) is 21.9 Å². The predicted molar refractivity (Wildman–Crippen MR) is 86.4 cm³/mol. The summed E-state index contributed by atoms with van der Waals surface area (Å²) in [4.78, 5) is 14.0. The maximum Gasteiger partial charge on any atom is 0.287 e. The summed E-state index contributed by atoms with van der Waals surface area (Å²) in [6, 6.07) is 9.79. The van der Waals surface area contributed by atoms with Gasteiger partial charge in [0, 0.05) is 18.3 Å². The highest BCUT2D eigenvalue weighted by Crippen LogP contribution is 2.26. The minimum Gasteiger partial charge on any atom is -0.340 e. The largest absolute Gasteiger partial charge is 0.340 e. The molecule has 2 heterocycles. The second-order valence-corrected chi connectivity index (χ2v) is 7.09. The van der Waals surface area contributed by atoms with Crippen LogP contribution in [0.5, 0.6) is 0 Å². The third-order valence-electron chi connectivity index (χ3n) is 3.49. The van der Waals surface area contributed by atoms with Crippen LogP contribution in [0.4, 0.5) is 22.9 Å². The van der Waals surface area contributed by atoms with Crippen molar-refractivity contribution in [1.29, 1.82) is 0 Å². The molecule has 0 spiro atoms. The first-order valence-electron chi connectivity index (χ1n) is 6.94. The van der Waals surface area contributed by atoms with Crippen molar-refractivity contribution >= 4 is 32.9 Å². The molecule has 0 radical (unpaired) electrons. The fourth-order valence-corrected chi connectivity index (χ4v) is 3.92. The first kappa shape index (κ1) is 15.2. The molecular formula is C14H14N4O4S. The maximum absolute atomic E-state index is 11.9. The van der Waals surface area contributed by atoms with Crippen LogP contribution < -0.4 is 9.62 Å². The molecule has 2 aromatic rings. The molecule has 1 aliphatic rings. The predicted octanol–water partition coefficient (Wildman–Crippen LogP) is 2.27. The molecule has 0 aliphatic carbocycles. The van der Waals surface area contributed by atoms with Crippen LogP contribution in [-0.4, -0.2) is 30.6 Å². The number of nitrogens with one attached hydrogen (secondary N) is 1. The van der Waals surface area contributed by atoms with Crippen LogP contribution in [0.1, 0.15) is 6.42 Å². The summed E-state index contributed by atoms with van der Waals surface area (Å²) >= 11 is 0. The number of nitrogens with zero attached hydrogens (tertiary/aromatic N) is 3. The number of pyridine rings is 1. The number of sulfonamides is 1. The van der Waals surface area contributed by atoms with Crippen LogP contribution in [0.15, 0.2) is 42.6 Å². The Labute approximate surface area is 133 Å².